The van der Waals surface area contributed by atoms with Gasteiger partial charge in [-0.05, 0) is 12.7 Å². The maximum Gasteiger partial charge on any atom is 0.243 e. The molecular weight excluding hydrogens is 274 g/mol. The summed E-state index contributed by atoms with van der Waals surface area (Å²) >= 11 is 1.68. The molecule has 6 nitrogen and oxygen atoms in total. The van der Waals surface area contributed by atoms with Crippen molar-refractivity contribution in [3.8, 4) is 0 Å². The summed E-state index contributed by atoms with van der Waals surface area (Å²) in [6.45, 7) is 4.08. The molecule has 1 rings (SSSR count). The molecule has 0 aromatic carbocycles. The number of nitrogens with zero attached hydrogens (tertiary/aromatic N) is 2. The largest absolute Gasteiger partial charge is 0.394 e. The summed E-state index contributed by atoms with van der Waals surface area (Å²) in [7, 11) is -3.52. The van der Waals surface area contributed by atoms with E-state index in [1.165, 1.54) is 17.1 Å². The van der Waals surface area contributed by atoms with Crippen molar-refractivity contribution in [2.24, 2.45) is 0 Å². The van der Waals surface area contributed by atoms with Gasteiger partial charge >= 0.3 is 0 Å². The van der Waals surface area contributed by atoms with E-state index in [4.69, 9.17) is 5.11 Å². The van der Waals surface area contributed by atoms with Crippen molar-refractivity contribution in [1.29, 1.82) is 0 Å². The highest BCUT2D eigenvalue weighted by molar-refractivity contribution is 7.99. The average molecular weight is 293 g/mol. The summed E-state index contributed by atoms with van der Waals surface area (Å²) in [5.74, 6) is 1.70. The fourth-order valence-corrected chi connectivity index (χ4v) is 3.34. The van der Waals surface area contributed by atoms with Gasteiger partial charge in [0.1, 0.15) is 4.90 Å². The molecule has 0 saturated carbocycles. The third-order valence-electron chi connectivity index (χ3n) is 2.18. The SMILES string of the molecule is CCSCC(C)NS(=O)(=O)c1cnn(CCO)c1. The van der Waals surface area contributed by atoms with Crippen molar-refractivity contribution in [1.82, 2.24) is 14.5 Å². The monoisotopic (exact) mass is 293 g/mol. The highest BCUT2D eigenvalue weighted by Gasteiger charge is 2.19. The van der Waals surface area contributed by atoms with E-state index in [0.717, 1.165) is 11.5 Å². The first kappa shape index (κ1) is 15.5. The molecule has 0 aliphatic carbocycles. The lowest BCUT2D eigenvalue weighted by Crippen LogP contribution is -2.34. The summed E-state index contributed by atoms with van der Waals surface area (Å²) in [5, 5.41) is 12.6. The predicted octanol–water partition coefficient (Wildman–Crippen LogP) is 0.295. The molecule has 0 aliphatic rings. The number of sulfonamides is 1. The van der Waals surface area contributed by atoms with Crippen LogP contribution >= 0.6 is 11.8 Å². The van der Waals surface area contributed by atoms with Crippen LogP contribution in [0.1, 0.15) is 13.8 Å². The Hall–Kier alpha value is -0.570. The summed E-state index contributed by atoms with van der Waals surface area (Å²) in [6, 6.07) is -0.124. The van der Waals surface area contributed by atoms with Crippen LogP contribution in [0.5, 0.6) is 0 Å². The van der Waals surface area contributed by atoms with Crippen LogP contribution < -0.4 is 4.72 Å². The molecule has 104 valence electrons. The fourth-order valence-electron chi connectivity index (χ4n) is 1.37. The van der Waals surface area contributed by atoms with Gasteiger partial charge in [-0.25, -0.2) is 13.1 Å². The van der Waals surface area contributed by atoms with Gasteiger partial charge in [0, 0.05) is 18.0 Å². The molecule has 8 heteroatoms. The number of hydrogen-bond acceptors (Lipinski definition) is 5. The van der Waals surface area contributed by atoms with Crippen LogP contribution in [0.2, 0.25) is 0 Å². The van der Waals surface area contributed by atoms with Gasteiger partial charge in [0.05, 0.1) is 19.3 Å². The molecule has 1 atom stereocenters. The van der Waals surface area contributed by atoms with Crippen LogP contribution in [0, 0.1) is 0 Å². The van der Waals surface area contributed by atoms with Crippen LogP contribution in [0.25, 0.3) is 0 Å². The van der Waals surface area contributed by atoms with Gasteiger partial charge in [-0.3, -0.25) is 4.68 Å². The first-order valence-corrected chi connectivity index (χ1v) is 8.36. The van der Waals surface area contributed by atoms with Crippen LogP contribution in [0.3, 0.4) is 0 Å². The third-order valence-corrected chi connectivity index (χ3v) is 4.87. The molecule has 2 N–H and O–H groups in total. The predicted molar refractivity (Wildman–Crippen MR) is 72.1 cm³/mol. The Morgan fingerprint density at radius 1 is 1.61 bits per heavy atom. The van der Waals surface area contributed by atoms with E-state index in [9.17, 15) is 8.42 Å². The highest BCUT2D eigenvalue weighted by atomic mass is 32.2. The molecule has 0 fully saturated rings. The number of aromatic nitrogens is 2. The van der Waals surface area contributed by atoms with Crippen LogP contribution in [0.4, 0.5) is 0 Å². The zero-order valence-corrected chi connectivity index (χ0v) is 12.2. The molecule has 0 spiro atoms. The summed E-state index contributed by atoms with van der Waals surface area (Å²) < 4.78 is 28.0. The Morgan fingerprint density at radius 2 is 2.33 bits per heavy atom. The molecule has 0 aliphatic heterocycles. The maximum absolute atomic E-state index is 12.0. The van der Waals surface area contributed by atoms with Gasteiger partial charge in [0.25, 0.3) is 0 Å². The van der Waals surface area contributed by atoms with E-state index in [1.54, 1.807) is 11.8 Å². The van der Waals surface area contributed by atoms with Crippen molar-refractivity contribution < 1.29 is 13.5 Å². The van der Waals surface area contributed by atoms with Crippen molar-refractivity contribution >= 4 is 21.8 Å². The standard InChI is InChI=1S/C10H19N3O3S2/c1-3-17-8-9(2)12-18(15,16)10-6-11-13(7-10)4-5-14/h6-7,9,12,14H,3-5,8H2,1-2H3. The smallest absolute Gasteiger partial charge is 0.243 e. The number of nitrogens with one attached hydrogen (secondary N) is 1. The van der Waals surface area contributed by atoms with Crippen molar-refractivity contribution in [3.63, 3.8) is 0 Å². The topological polar surface area (TPSA) is 84.2 Å². The Balaban J connectivity index is 2.67. The molecule has 1 unspecified atom stereocenters. The fraction of sp³-hybridized carbons (Fsp3) is 0.700. The van der Waals surface area contributed by atoms with Gasteiger partial charge in [0.2, 0.25) is 10.0 Å². The molecule has 0 bridgehead atoms. The Kier molecular flexibility index (Phi) is 6.13. The second-order valence-corrected chi connectivity index (χ2v) is 6.88. The molecule has 18 heavy (non-hydrogen) atoms. The van der Waals surface area contributed by atoms with E-state index >= 15 is 0 Å². The molecule has 1 aromatic heterocycles. The summed E-state index contributed by atoms with van der Waals surface area (Å²) in [6.07, 6.45) is 2.70. The van der Waals surface area contributed by atoms with Crippen LogP contribution in [0.15, 0.2) is 17.3 Å². The molecule has 0 amide bonds. The first-order valence-electron chi connectivity index (χ1n) is 5.73. The number of hydrogen-bond donors (Lipinski definition) is 2. The normalized spacial score (nSPS) is 13.7. The molecule has 1 heterocycles. The second kappa shape index (κ2) is 7.13. The van der Waals surface area contributed by atoms with Gasteiger partial charge in [-0.1, -0.05) is 6.92 Å². The van der Waals surface area contributed by atoms with Gasteiger partial charge in [-0.2, -0.15) is 16.9 Å². The van der Waals surface area contributed by atoms with Gasteiger partial charge in [-0.15, -0.1) is 0 Å². The Bertz CT molecular complexity index is 459. The van der Waals surface area contributed by atoms with E-state index in [0.29, 0.717) is 0 Å². The molecule has 1 aromatic rings. The lowest BCUT2D eigenvalue weighted by atomic mass is 10.4. The van der Waals surface area contributed by atoms with Crippen molar-refractivity contribution in [2.45, 2.75) is 31.3 Å². The van der Waals surface area contributed by atoms with Crippen LogP contribution in [-0.4, -0.2) is 47.5 Å². The lowest BCUT2D eigenvalue weighted by molar-refractivity contribution is 0.269. The first-order chi connectivity index (χ1) is 8.49. The van der Waals surface area contributed by atoms with E-state index in [2.05, 4.69) is 9.82 Å². The van der Waals surface area contributed by atoms with Gasteiger partial charge < -0.3 is 5.11 Å². The number of rotatable bonds is 8. The minimum Gasteiger partial charge on any atom is -0.394 e. The third kappa shape index (κ3) is 4.60. The van der Waals surface area contributed by atoms with Crippen LogP contribution in [-0.2, 0) is 16.6 Å². The van der Waals surface area contributed by atoms with E-state index < -0.39 is 10.0 Å². The van der Waals surface area contributed by atoms with E-state index in [-0.39, 0.29) is 24.1 Å². The summed E-state index contributed by atoms with van der Waals surface area (Å²) in [4.78, 5) is 0.129. The Labute approximate surface area is 112 Å². The minimum atomic E-state index is -3.52. The molecular formula is C10H19N3O3S2. The zero-order chi connectivity index (χ0) is 13.6. The minimum absolute atomic E-state index is 0.0713. The Morgan fingerprint density at radius 3 is 2.94 bits per heavy atom. The zero-order valence-electron chi connectivity index (χ0n) is 10.5. The number of thioether (sulfide) groups is 1. The van der Waals surface area contributed by atoms with Crippen molar-refractivity contribution in [3.05, 3.63) is 12.4 Å². The lowest BCUT2D eigenvalue weighted by Gasteiger charge is -2.12. The second-order valence-electron chi connectivity index (χ2n) is 3.84. The van der Waals surface area contributed by atoms with Crippen molar-refractivity contribution in [2.75, 3.05) is 18.1 Å². The molecule has 0 radical (unpaired) electrons. The highest BCUT2D eigenvalue weighted by Crippen LogP contribution is 2.09. The average Bonchev–Trinajstić information content (AvgIpc) is 2.75. The number of aliphatic hydroxyl groups excluding tert-OH is 1. The summed E-state index contributed by atoms with van der Waals surface area (Å²) in [5.41, 5.74) is 0. The quantitative estimate of drug-likeness (QED) is 0.720. The van der Waals surface area contributed by atoms with Gasteiger partial charge in [0.15, 0.2) is 0 Å². The van der Waals surface area contributed by atoms with E-state index in [1.807, 2.05) is 13.8 Å². The number of aliphatic hydroxyl groups is 1. The molecule has 0 saturated heterocycles. The maximum atomic E-state index is 12.0.